The van der Waals surface area contributed by atoms with E-state index < -0.39 is 51.6 Å². The van der Waals surface area contributed by atoms with Crippen molar-refractivity contribution in [2.45, 2.75) is 103 Å². The van der Waals surface area contributed by atoms with Crippen LogP contribution in [0.1, 0.15) is 0 Å². The van der Waals surface area contributed by atoms with Gasteiger partial charge in [-0.2, -0.15) is 0 Å². The lowest BCUT2D eigenvalue weighted by atomic mass is 10.1. The maximum Gasteiger partial charge on any atom is 0.337 e. The highest BCUT2D eigenvalue weighted by atomic mass is 28.4. The highest BCUT2D eigenvalue weighted by Gasteiger charge is 2.53. The first-order valence-electron chi connectivity index (χ1n) is 10.2. The van der Waals surface area contributed by atoms with E-state index in [1.807, 2.05) is 0 Å². The van der Waals surface area contributed by atoms with Gasteiger partial charge in [0.25, 0.3) is 0 Å². The fourth-order valence-corrected chi connectivity index (χ4v) is 6.72. The topological polar surface area (TPSA) is 63.2 Å². The minimum absolute atomic E-state index is 0.340. The van der Waals surface area contributed by atoms with Crippen LogP contribution in [0.3, 0.4) is 0 Å². The summed E-state index contributed by atoms with van der Waals surface area (Å²) >= 11 is 0. The summed E-state index contributed by atoms with van der Waals surface area (Å²) in [6.07, 6.45) is -2.01. The zero-order chi connectivity index (χ0) is 22.1. The molecule has 0 saturated carbocycles. The molecule has 1 aliphatic heterocycles. The van der Waals surface area contributed by atoms with Gasteiger partial charge in [0, 0.05) is 0 Å². The first-order chi connectivity index (χ1) is 12.3. The predicted octanol–water partition coefficient (Wildman–Crippen LogP) is 4.42. The van der Waals surface area contributed by atoms with Gasteiger partial charge in [-0.15, -0.1) is 0 Å². The fraction of sp³-hybridized carbons (Fsp3) is 0.944. The van der Waals surface area contributed by atoms with Gasteiger partial charge < -0.3 is 22.4 Å². The normalized spacial score (nSPS) is 25.7. The third kappa shape index (κ3) is 9.79. The summed E-state index contributed by atoms with van der Waals surface area (Å²) in [5.41, 5.74) is 0. The number of carbonyl (C=O) groups is 1. The van der Waals surface area contributed by atoms with Gasteiger partial charge in [-0.05, 0) is 78.6 Å². The first kappa shape index (κ1) is 26.2. The number of ether oxygens (including phenoxy) is 1. The molecule has 1 rings (SSSR count). The predicted molar refractivity (Wildman–Crippen MR) is 124 cm³/mol. The van der Waals surface area contributed by atoms with Crippen LogP contribution in [0, 0.1) is 0 Å². The SMILES string of the molecule is C[Si](C)(C)OCC(O[Si](C)(C)C)C1OC(=O)C(O[Si](C)(C)C)C1O[Si](C)(C)C. The average Bonchev–Trinajstić information content (AvgIpc) is 2.66. The number of rotatable bonds is 10. The molecule has 1 saturated heterocycles. The molecule has 0 aromatic heterocycles. The van der Waals surface area contributed by atoms with Gasteiger partial charge >= 0.3 is 5.97 Å². The Bertz CT molecular complexity index is 530. The minimum atomic E-state index is -1.96. The van der Waals surface area contributed by atoms with E-state index in [2.05, 4.69) is 78.6 Å². The third-order valence-electron chi connectivity index (χ3n) is 3.63. The van der Waals surface area contributed by atoms with Gasteiger partial charge in [-0.3, -0.25) is 0 Å². The Balaban J connectivity index is 3.20. The summed E-state index contributed by atoms with van der Waals surface area (Å²) in [4.78, 5) is 12.8. The molecule has 28 heavy (non-hydrogen) atoms. The summed E-state index contributed by atoms with van der Waals surface area (Å²) in [6.45, 7) is 25.8. The monoisotopic (exact) mass is 466 g/mol. The number of hydrogen-bond donors (Lipinski definition) is 0. The van der Waals surface area contributed by atoms with Crippen LogP contribution in [0.2, 0.25) is 78.6 Å². The van der Waals surface area contributed by atoms with Gasteiger partial charge in [-0.25, -0.2) is 4.79 Å². The van der Waals surface area contributed by atoms with E-state index >= 15 is 0 Å². The second-order valence-electron chi connectivity index (χ2n) is 11.4. The van der Waals surface area contributed by atoms with E-state index in [-0.39, 0.29) is 12.1 Å². The maximum absolute atomic E-state index is 12.8. The summed E-state index contributed by atoms with van der Waals surface area (Å²) in [7, 11) is -7.56. The summed E-state index contributed by atoms with van der Waals surface area (Å²) in [5, 5.41) is 0. The van der Waals surface area contributed by atoms with Crippen LogP contribution < -0.4 is 0 Å². The summed E-state index contributed by atoms with van der Waals surface area (Å²) in [5.74, 6) is -0.340. The van der Waals surface area contributed by atoms with E-state index in [0.717, 1.165) is 0 Å². The number of esters is 1. The molecule has 4 atom stereocenters. The molecule has 10 heteroatoms. The maximum atomic E-state index is 12.8. The average molecular weight is 467 g/mol. The molecule has 166 valence electrons. The zero-order valence-corrected chi connectivity index (χ0v) is 24.0. The second kappa shape index (κ2) is 9.12. The quantitative estimate of drug-likeness (QED) is 0.351. The third-order valence-corrected chi connectivity index (χ3v) is 7.61. The van der Waals surface area contributed by atoms with E-state index in [9.17, 15) is 4.79 Å². The van der Waals surface area contributed by atoms with Gasteiger partial charge in [0.05, 0.1) is 6.61 Å². The highest BCUT2D eigenvalue weighted by molar-refractivity contribution is 6.71. The van der Waals surface area contributed by atoms with Gasteiger partial charge in [0.1, 0.15) is 12.2 Å². The van der Waals surface area contributed by atoms with Crippen LogP contribution in [-0.4, -0.2) is 70.3 Å². The molecule has 1 aliphatic rings. The van der Waals surface area contributed by atoms with Crippen LogP contribution in [-0.2, 0) is 27.2 Å². The lowest BCUT2D eigenvalue weighted by molar-refractivity contribution is -0.150. The van der Waals surface area contributed by atoms with Crippen molar-refractivity contribution in [2.24, 2.45) is 0 Å². The van der Waals surface area contributed by atoms with E-state index in [1.54, 1.807) is 0 Å². The summed E-state index contributed by atoms with van der Waals surface area (Å²) in [6, 6.07) is 0. The molecule has 4 unspecified atom stereocenters. The van der Waals surface area contributed by atoms with Crippen molar-refractivity contribution in [3.05, 3.63) is 0 Å². The van der Waals surface area contributed by atoms with Crippen molar-refractivity contribution in [1.29, 1.82) is 0 Å². The van der Waals surface area contributed by atoms with Crippen molar-refractivity contribution >= 4 is 39.2 Å². The first-order valence-corrected chi connectivity index (χ1v) is 23.8. The van der Waals surface area contributed by atoms with Crippen LogP contribution >= 0.6 is 0 Å². The van der Waals surface area contributed by atoms with Crippen LogP contribution in [0.4, 0.5) is 0 Å². The molecule has 1 heterocycles. The standard InChI is InChI=1S/C18H42O6Si4/c1-25(2,3)20-13-14(22-26(4,5)6)15-16(23-27(7,8)9)17(18(19)21-15)24-28(10,11)12/h14-17H,13H2,1-12H3. The molecule has 0 radical (unpaired) electrons. The molecule has 0 bridgehead atoms. The van der Waals surface area contributed by atoms with Crippen LogP contribution in [0.5, 0.6) is 0 Å². The lowest BCUT2D eigenvalue weighted by Crippen LogP contribution is -2.53. The van der Waals surface area contributed by atoms with E-state index in [1.165, 1.54) is 0 Å². The highest BCUT2D eigenvalue weighted by Crippen LogP contribution is 2.31. The van der Waals surface area contributed by atoms with Crippen LogP contribution in [0.25, 0.3) is 0 Å². The van der Waals surface area contributed by atoms with Gasteiger partial charge in [0.2, 0.25) is 0 Å². The Kier molecular flexibility index (Phi) is 8.54. The largest absolute Gasteiger partial charge is 0.455 e. The fourth-order valence-electron chi connectivity index (χ4n) is 2.88. The number of carbonyl (C=O) groups excluding carboxylic acids is 1. The van der Waals surface area contributed by atoms with Crippen molar-refractivity contribution in [1.82, 2.24) is 0 Å². The molecular formula is C18H42O6Si4. The van der Waals surface area contributed by atoms with Gasteiger partial charge in [0.15, 0.2) is 45.5 Å². The number of cyclic esters (lactones) is 1. The molecule has 0 aliphatic carbocycles. The Labute approximate surface area is 176 Å². The number of hydrogen-bond acceptors (Lipinski definition) is 6. The zero-order valence-electron chi connectivity index (χ0n) is 20.0. The van der Waals surface area contributed by atoms with Crippen molar-refractivity contribution in [2.75, 3.05) is 6.61 Å². The second-order valence-corrected chi connectivity index (χ2v) is 29.3. The van der Waals surface area contributed by atoms with E-state index in [4.69, 9.17) is 22.4 Å². The van der Waals surface area contributed by atoms with Crippen molar-refractivity contribution < 1.29 is 27.2 Å². The molecule has 0 aromatic rings. The molecule has 6 nitrogen and oxygen atoms in total. The molecule has 0 aromatic carbocycles. The molecule has 0 spiro atoms. The Morgan fingerprint density at radius 2 is 1.29 bits per heavy atom. The molecule has 0 N–H and O–H groups in total. The van der Waals surface area contributed by atoms with Gasteiger partial charge in [-0.1, -0.05) is 0 Å². The molecule has 1 fully saturated rings. The smallest absolute Gasteiger partial charge is 0.337 e. The lowest BCUT2D eigenvalue weighted by Gasteiger charge is -2.36. The van der Waals surface area contributed by atoms with Crippen molar-refractivity contribution in [3.8, 4) is 0 Å². The van der Waals surface area contributed by atoms with Crippen molar-refractivity contribution in [3.63, 3.8) is 0 Å². The Hall–Kier alpha value is 0.178. The minimum Gasteiger partial charge on any atom is -0.455 e. The Morgan fingerprint density at radius 3 is 1.68 bits per heavy atom. The van der Waals surface area contributed by atoms with E-state index in [0.29, 0.717) is 6.61 Å². The summed E-state index contributed by atoms with van der Waals surface area (Å²) < 4.78 is 31.1. The molecular weight excluding hydrogens is 425 g/mol. The molecule has 0 amide bonds. The van der Waals surface area contributed by atoms with Crippen LogP contribution in [0.15, 0.2) is 0 Å². The Morgan fingerprint density at radius 1 is 0.786 bits per heavy atom.